The minimum absolute atomic E-state index is 0.126. The van der Waals surface area contributed by atoms with Crippen molar-refractivity contribution in [2.45, 2.75) is 13.5 Å². The van der Waals surface area contributed by atoms with Crippen LogP contribution in [0.3, 0.4) is 0 Å². The Morgan fingerprint density at radius 3 is 2.58 bits per heavy atom. The Labute approximate surface area is 190 Å². The lowest BCUT2D eigenvalue weighted by Crippen LogP contribution is -2.42. The van der Waals surface area contributed by atoms with E-state index in [4.69, 9.17) is 9.47 Å². The van der Waals surface area contributed by atoms with Crippen molar-refractivity contribution in [3.05, 3.63) is 70.0 Å². The van der Waals surface area contributed by atoms with Gasteiger partial charge in [0, 0.05) is 24.5 Å². The van der Waals surface area contributed by atoms with Crippen LogP contribution in [0.2, 0.25) is 0 Å². The van der Waals surface area contributed by atoms with Gasteiger partial charge in [0.2, 0.25) is 5.91 Å². The summed E-state index contributed by atoms with van der Waals surface area (Å²) >= 11 is 0. The molecule has 0 aliphatic carbocycles. The third kappa shape index (κ3) is 3.98. The average Bonchev–Trinajstić information content (AvgIpc) is 2.85. The van der Waals surface area contributed by atoms with Gasteiger partial charge in [-0.15, -0.1) is 0 Å². The van der Waals surface area contributed by atoms with Gasteiger partial charge in [-0.3, -0.25) is 19.0 Å². The summed E-state index contributed by atoms with van der Waals surface area (Å²) < 4.78 is 12.5. The van der Waals surface area contributed by atoms with Crippen LogP contribution in [0.4, 0.5) is 5.69 Å². The van der Waals surface area contributed by atoms with Crippen LogP contribution >= 0.6 is 0 Å². The van der Waals surface area contributed by atoms with E-state index in [0.29, 0.717) is 67.4 Å². The number of hydrogen-bond acceptors (Lipinski definition) is 5. The number of amides is 2. The predicted octanol–water partition coefficient (Wildman–Crippen LogP) is 2.21. The van der Waals surface area contributed by atoms with Crippen molar-refractivity contribution in [3.8, 4) is 5.75 Å². The lowest BCUT2D eigenvalue weighted by Gasteiger charge is -2.30. The topological polar surface area (TPSA) is 81.1 Å². The van der Waals surface area contributed by atoms with Crippen molar-refractivity contribution in [2.24, 2.45) is 0 Å². The van der Waals surface area contributed by atoms with Gasteiger partial charge in [0.05, 0.1) is 36.5 Å². The SMILES string of the molecule is Cc1ccc2c(c1)N(C(=O)Cn1c(=O)cc(C(=O)N3CCOCC3)c3ccccc31)CCO2. The second kappa shape index (κ2) is 8.71. The quantitative estimate of drug-likeness (QED) is 0.615. The minimum Gasteiger partial charge on any atom is -0.490 e. The standard InChI is InChI=1S/C25H25N3O5/c1-17-6-7-22-21(14-17)27(10-13-33-22)24(30)16-28-20-5-3-2-4-18(20)19(15-23(28)29)25(31)26-8-11-32-12-9-26/h2-7,14-15H,8-13,16H2,1H3. The number of aromatic nitrogens is 1. The van der Waals surface area contributed by atoms with E-state index in [1.165, 1.54) is 10.6 Å². The summed E-state index contributed by atoms with van der Waals surface area (Å²) in [5.41, 5.74) is 2.27. The number of para-hydroxylation sites is 1. The lowest BCUT2D eigenvalue weighted by atomic mass is 10.1. The largest absolute Gasteiger partial charge is 0.490 e. The fraction of sp³-hybridized carbons (Fsp3) is 0.320. The minimum atomic E-state index is -0.378. The van der Waals surface area contributed by atoms with Crippen molar-refractivity contribution in [1.29, 1.82) is 0 Å². The molecule has 0 radical (unpaired) electrons. The molecule has 0 unspecified atom stereocenters. The molecular weight excluding hydrogens is 422 g/mol. The van der Waals surface area contributed by atoms with Crippen molar-refractivity contribution >= 4 is 28.4 Å². The molecule has 1 saturated heterocycles. The van der Waals surface area contributed by atoms with E-state index in [1.54, 1.807) is 21.9 Å². The monoisotopic (exact) mass is 447 g/mol. The molecule has 0 atom stereocenters. The molecule has 8 nitrogen and oxygen atoms in total. The van der Waals surface area contributed by atoms with Gasteiger partial charge in [0.25, 0.3) is 11.5 Å². The smallest absolute Gasteiger partial charge is 0.254 e. The number of benzene rings is 2. The molecule has 2 aliphatic heterocycles. The zero-order chi connectivity index (χ0) is 22.9. The van der Waals surface area contributed by atoms with Gasteiger partial charge in [-0.2, -0.15) is 0 Å². The highest BCUT2D eigenvalue weighted by Crippen LogP contribution is 2.32. The first kappa shape index (κ1) is 21.2. The number of hydrogen-bond donors (Lipinski definition) is 0. The van der Waals surface area contributed by atoms with Gasteiger partial charge >= 0.3 is 0 Å². The number of ether oxygens (including phenoxy) is 2. The predicted molar refractivity (Wildman–Crippen MR) is 124 cm³/mol. The molecule has 0 spiro atoms. The van der Waals surface area contributed by atoms with Gasteiger partial charge in [0.1, 0.15) is 18.9 Å². The molecule has 0 bridgehead atoms. The van der Waals surface area contributed by atoms with Crippen molar-refractivity contribution in [2.75, 3.05) is 44.4 Å². The van der Waals surface area contributed by atoms with E-state index in [-0.39, 0.29) is 23.9 Å². The molecule has 1 fully saturated rings. The first-order valence-electron chi connectivity index (χ1n) is 11.1. The van der Waals surface area contributed by atoms with Crippen molar-refractivity contribution in [1.82, 2.24) is 9.47 Å². The molecule has 0 N–H and O–H groups in total. The third-order valence-electron chi connectivity index (χ3n) is 6.12. The third-order valence-corrected chi connectivity index (χ3v) is 6.12. The van der Waals surface area contributed by atoms with Gasteiger partial charge in [-0.1, -0.05) is 24.3 Å². The number of pyridine rings is 1. The average molecular weight is 447 g/mol. The summed E-state index contributed by atoms with van der Waals surface area (Å²) in [5.74, 6) is 0.260. The number of aryl methyl sites for hydroxylation is 1. The highest BCUT2D eigenvalue weighted by atomic mass is 16.5. The fourth-order valence-electron chi connectivity index (χ4n) is 4.42. The number of anilines is 1. The van der Waals surface area contributed by atoms with E-state index >= 15 is 0 Å². The maximum atomic E-state index is 13.3. The summed E-state index contributed by atoms with van der Waals surface area (Å²) in [4.78, 5) is 43.0. The summed E-state index contributed by atoms with van der Waals surface area (Å²) in [6.45, 7) is 4.58. The molecule has 2 aliphatic rings. The number of rotatable bonds is 3. The molecule has 1 aromatic heterocycles. The second-order valence-electron chi connectivity index (χ2n) is 8.27. The first-order valence-corrected chi connectivity index (χ1v) is 11.1. The first-order chi connectivity index (χ1) is 16.0. The molecule has 3 aromatic rings. The Kier molecular flexibility index (Phi) is 5.60. The van der Waals surface area contributed by atoms with E-state index in [1.807, 2.05) is 37.3 Å². The summed E-state index contributed by atoms with van der Waals surface area (Å²) in [5, 5.41) is 0.652. The van der Waals surface area contributed by atoms with Crippen molar-refractivity contribution in [3.63, 3.8) is 0 Å². The zero-order valence-electron chi connectivity index (χ0n) is 18.5. The Morgan fingerprint density at radius 2 is 1.76 bits per heavy atom. The molecule has 170 valence electrons. The lowest BCUT2D eigenvalue weighted by molar-refractivity contribution is -0.119. The van der Waals surface area contributed by atoms with Crippen LogP contribution < -0.4 is 15.2 Å². The van der Waals surface area contributed by atoms with Gasteiger partial charge in [-0.25, -0.2) is 0 Å². The number of fused-ring (bicyclic) bond motifs is 2. The molecule has 33 heavy (non-hydrogen) atoms. The molecule has 5 rings (SSSR count). The van der Waals surface area contributed by atoms with Crippen LogP contribution in [0.5, 0.6) is 5.75 Å². The van der Waals surface area contributed by atoms with Crippen LogP contribution in [0.25, 0.3) is 10.9 Å². The molecule has 2 amide bonds. The van der Waals surface area contributed by atoms with Crippen LogP contribution in [0.15, 0.2) is 53.3 Å². The Morgan fingerprint density at radius 1 is 0.970 bits per heavy atom. The molecule has 2 aromatic carbocycles. The van der Waals surface area contributed by atoms with Crippen LogP contribution in [-0.2, 0) is 16.1 Å². The summed E-state index contributed by atoms with van der Waals surface area (Å²) in [6, 6.07) is 14.3. The van der Waals surface area contributed by atoms with Crippen LogP contribution in [0, 0.1) is 6.92 Å². The Balaban J connectivity index is 1.51. The summed E-state index contributed by atoms with van der Waals surface area (Å²) in [6.07, 6.45) is 0. The molecular formula is C25H25N3O5. The second-order valence-corrected chi connectivity index (χ2v) is 8.27. The van der Waals surface area contributed by atoms with Gasteiger partial charge in [0.15, 0.2) is 0 Å². The van der Waals surface area contributed by atoms with Crippen LogP contribution in [-0.4, -0.2) is 60.7 Å². The van der Waals surface area contributed by atoms with E-state index < -0.39 is 0 Å². The Bertz CT molecular complexity index is 1290. The number of carbonyl (C=O) groups excluding carboxylic acids is 2. The Hall–Kier alpha value is -3.65. The summed E-state index contributed by atoms with van der Waals surface area (Å²) in [7, 11) is 0. The van der Waals surface area contributed by atoms with E-state index in [2.05, 4.69) is 0 Å². The maximum Gasteiger partial charge on any atom is 0.254 e. The molecule has 0 saturated carbocycles. The van der Waals surface area contributed by atoms with E-state index in [0.717, 1.165) is 5.56 Å². The molecule has 3 heterocycles. The van der Waals surface area contributed by atoms with E-state index in [9.17, 15) is 14.4 Å². The highest BCUT2D eigenvalue weighted by Gasteiger charge is 2.26. The number of morpholine rings is 1. The zero-order valence-corrected chi connectivity index (χ0v) is 18.5. The van der Waals surface area contributed by atoms with Gasteiger partial charge < -0.3 is 19.3 Å². The highest BCUT2D eigenvalue weighted by molar-refractivity contribution is 6.06. The normalized spacial score (nSPS) is 15.8. The number of carbonyl (C=O) groups is 2. The van der Waals surface area contributed by atoms with Crippen molar-refractivity contribution < 1.29 is 19.1 Å². The van der Waals surface area contributed by atoms with Gasteiger partial charge in [-0.05, 0) is 30.7 Å². The number of nitrogens with zero attached hydrogens (tertiary/aromatic N) is 3. The van der Waals surface area contributed by atoms with Crippen LogP contribution in [0.1, 0.15) is 15.9 Å². The molecule has 8 heteroatoms. The maximum absolute atomic E-state index is 13.3. The fourth-order valence-corrected chi connectivity index (χ4v) is 4.42.